The van der Waals surface area contributed by atoms with Crippen LogP contribution < -0.4 is 5.73 Å². The second-order valence-electron chi connectivity index (χ2n) is 7.95. The summed E-state index contributed by atoms with van der Waals surface area (Å²) >= 11 is 0. The fourth-order valence-corrected chi connectivity index (χ4v) is 3.53. The number of benzene rings is 4. The van der Waals surface area contributed by atoms with E-state index in [9.17, 15) is 9.59 Å². The van der Waals surface area contributed by atoms with Gasteiger partial charge in [0.15, 0.2) is 0 Å². The van der Waals surface area contributed by atoms with Crippen LogP contribution in [0.15, 0.2) is 103 Å². The summed E-state index contributed by atoms with van der Waals surface area (Å²) in [6, 6.07) is 33.9. The van der Waals surface area contributed by atoms with Crippen molar-refractivity contribution in [1.82, 2.24) is 0 Å². The number of hydrogen-bond acceptors (Lipinski definition) is 2. The molecule has 0 aromatic heterocycles. The van der Waals surface area contributed by atoms with Gasteiger partial charge in [-0.2, -0.15) is 0 Å². The van der Waals surface area contributed by atoms with E-state index in [0.29, 0.717) is 12.0 Å². The summed E-state index contributed by atoms with van der Waals surface area (Å²) in [6.45, 7) is 2.13. The highest BCUT2D eigenvalue weighted by Gasteiger charge is 2.03. The fraction of sp³-hybridized carbons (Fsp3) is 0.133. The van der Waals surface area contributed by atoms with Crippen molar-refractivity contribution < 1.29 is 14.7 Å². The molecule has 4 nitrogen and oxygen atoms in total. The number of amides is 1. The molecule has 0 unspecified atom stereocenters. The molecule has 4 aromatic rings. The molecule has 0 spiro atoms. The quantitative estimate of drug-likeness (QED) is 0.342. The number of carboxylic acids is 1. The number of carbonyl (C=O) groups is 2. The molecule has 4 heteroatoms. The molecule has 0 atom stereocenters. The van der Waals surface area contributed by atoms with E-state index in [1.807, 2.05) is 60.7 Å². The zero-order valence-corrected chi connectivity index (χ0v) is 19.3. The lowest BCUT2D eigenvalue weighted by Gasteiger charge is -2.04. The molecule has 0 fully saturated rings. The monoisotopic (exact) mass is 451 g/mol. The Labute approximate surface area is 200 Å². The summed E-state index contributed by atoms with van der Waals surface area (Å²) < 4.78 is 0. The number of hydrogen-bond donors (Lipinski definition) is 2. The minimum absolute atomic E-state index is 0.185. The van der Waals surface area contributed by atoms with E-state index >= 15 is 0 Å². The fourth-order valence-electron chi connectivity index (χ4n) is 3.53. The van der Waals surface area contributed by atoms with Crippen LogP contribution in [0.1, 0.15) is 34.8 Å². The van der Waals surface area contributed by atoms with Gasteiger partial charge in [-0.15, -0.1) is 0 Å². The van der Waals surface area contributed by atoms with Crippen LogP contribution in [0, 0.1) is 0 Å². The molecule has 0 aliphatic rings. The van der Waals surface area contributed by atoms with Crippen LogP contribution in [0.2, 0.25) is 0 Å². The lowest BCUT2D eigenvalue weighted by molar-refractivity contribution is -0.136. The maximum absolute atomic E-state index is 11.1. The largest absolute Gasteiger partial charge is 0.481 e. The smallest absolute Gasteiger partial charge is 0.303 e. The Kier molecular flexibility index (Phi) is 8.75. The maximum Gasteiger partial charge on any atom is 0.303 e. The van der Waals surface area contributed by atoms with Gasteiger partial charge >= 0.3 is 5.97 Å². The average molecular weight is 452 g/mol. The van der Waals surface area contributed by atoms with Crippen molar-refractivity contribution in [3.8, 4) is 22.3 Å². The van der Waals surface area contributed by atoms with Crippen molar-refractivity contribution in [2.24, 2.45) is 5.73 Å². The van der Waals surface area contributed by atoms with Crippen molar-refractivity contribution in [3.05, 3.63) is 120 Å². The van der Waals surface area contributed by atoms with Crippen LogP contribution in [0.3, 0.4) is 0 Å². The van der Waals surface area contributed by atoms with Gasteiger partial charge in [-0.05, 0) is 58.4 Å². The standard InChI is InChI=1S/C15H15NO.C15H14O2/c1-2-11-6-8-12(9-7-11)13-4-3-5-14(10-13)15(16)17;16-15(17)11-8-12-6-9-14(10-7-12)13-4-2-1-3-5-13/h3-10H,2H2,1H3,(H2,16,17);1-7,9-10H,8,11H2,(H,16,17). The van der Waals surface area contributed by atoms with Crippen LogP contribution in [-0.2, 0) is 17.6 Å². The SMILES string of the molecule is CCc1ccc(-c2cccc(C(N)=O)c2)cc1.O=C(O)CCc1ccc(-c2ccccc2)cc1. The van der Waals surface area contributed by atoms with Gasteiger partial charge in [0.05, 0.1) is 0 Å². The normalized spacial score (nSPS) is 10.1. The van der Waals surface area contributed by atoms with Gasteiger partial charge < -0.3 is 10.8 Å². The molecule has 0 heterocycles. The zero-order valence-electron chi connectivity index (χ0n) is 19.3. The van der Waals surface area contributed by atoms with E-state index < -0.39 is 11.9 Å². The van der Waals surface area contributed by atoms with Crippen LogP contribution in [0.5, 0.6) is 0 Å². The van der Waals surface area contributed by atoms with E-state index in [-0.39, 0.29) is 6.42 Å². The molecule has 0 radical (unpaired) electrons. The highest BCUT2D eigenvalue weighted by molar-refractivity contribution is 5.94. The van der Waals surface area contributed by atoms with Crippen LogP contribution in [0.25, 0.3) is 22.3 Å². The highest BCUT2D eigenvalue weighted by Crippen LogP contribution is 2.21. The Morgan fingerprint density at radius 3 is 1.76 bits per heavy atom. The molecule has 0 bridgehead atoms. The molecule has 4 rings (SSSR count). The Bertz CT molecular complexity index is 1210. The Morgan fingerprint density at radius 1 is 0.676 bits per heavy atom. The van der Waals surface area contributed by atoms with Crippen molar-refractivity contribution >= 4 is 11.9 Å². The first-order valence-electron chi connectivity index (χ1n) is 11.3. The molecular weight excluding hydrogens is 422 g/mol. The molecular formula is C30H29NO3. The van der Waals surface area contributed by atoms with Crippen molar-refractivity contribution in [2.45, 2.75) is 26.2 Å². The van der Waals surface area contributed by atoms with E-state index in [1.54, 1.807) is 6.07 Å². The predicted molar refractivity (Wildman–Crippen MR) is 138 cm³/mol. The molecule has 0 aliphatic carbocycles. The average Bonchev–Trinajstić information content (AvgIpc) is 2.89. The Hall–Kier alpha value is -4.18. The number of aryl methyl sites for hydroxylation is 2. The minimum Gasteiger partial charge on any atom is -0.481 e. The van der Waals surface area contributed by atoms with Crippen LogP contribution >= 0.6 is 0 Å². The minimum atomic E-state index is -0.753. The Balaban J connectivity index is 0.000000191. The van der Waals surface area contributed by atoms with E-state index in [2.05, 4.69) is 43.3 Å². The van der Waals surface area contributed by atoms with E-state index in [0.717, 1.165) is 28.7 Å². The molecule has 0 saturated carbocycles. The molecule has 1 amide bonds. The van der Waals surface area contributed by atoms with Gasteiger partial charge in [-0.1, -0.05) is 97.9 Å². The molecule has 172 valence electrons. The topological polar surface area (TPSA) is 80.4 Å². The summed E-state index contributed by atoms with van der Waals surface area (Å²) in [5.41, 5.74) is 12.6. The highest BCUT2D eigenvalue weighted by atomic mass is 16.4. The summed E-state index contributed by atoms with van der Waals surface area (Å²) in [4.78, 5) is 21.6. The first-order valence-corrected chi connectivity index (χ1v) is 11.3. The van der Waals surface area contributed by atoms with Crippen molar-refractivity contribution in [1.29, 1.82) is 0 Å². The summed E-state index contributed by atoms with van der Waals surface area (Å²) in [5, 5.41) is 8.61. The van der Waals surface area contributed by atoms with Crippen molar-refractivity contribution in [2.75, 3.05) is 0 Å². The summed E-state index contributed by atoms with van der Waals surface area (Å²) in [5.74, 6) is -1.14. The third kappa shape index (κ3) is 7.17. The second kappa shape index (κ2) is 12.2. The van der Waals surface area contributed by atoms with E-state index in [4.69, 9.17) is 10.8 Å². The summed E-state index contributed by atoms with van der Waals surface area (Å²) in [7, 11) is 0. The van der Waals surface area contributed by atoms with Gasteiger partial charge in [0.1, 0.15) is 0 Å². The molecule has 0 aliphatic heterocycles. The number of nitrogens with two attached hydrogens (primary N) is 1. The summed E-state index contributed by atoms with van der Waals surface area (Å²) in [6.07, 6.45) is 1.80. The van der Waals surface area contributed by atoms with Gasteiger partial charge in [-0.25, -0.2) is 0 Å². The van der Waals surface area contributed by atoms with Crippen LogP contribution in [0.4, 0.5) is 0 Å². The zero-order chi connectivity index (χ0) is 24.3. The number of carbonyl (C=O) groups excluding carboxylic acids is 1. The van der Waals surface area contributed by atoms with Gasteiger partial charge in [0, 0.05) is 12.0 Å². The number of rotatable bonds is 7. The maximum atomic E-state index is 11.1. The lowest BCUT2D eigenvalue weighted by atomic mass is 10.0. The van der Waals surface area contributed by atoms with Gasteiger partial charge in [0.2, 0.25) is 5.91 Å². The molecule has 34 heavy (non-hydrogen) atoms. The van der Waals surface area contributed by atoms with Gasteiger partial charge in [-0.3, -0.25) is 9.59 Å². The molecule has 0 saturated heterocycles. The third-order valence-electron chi connectivity index (χ3n) is 5.53. The first-order chi connectivity index (χ1) is 16.5. The second-order valence-corrected chi connectivity index (χ2v) is 7.95. The number of aliphatic carboxylic acids is 1. The lowest BCUT2D eigenvalue weighted by Crippen LogP contribution is -2.10. The first kappa shape index (κ1) is 24.5. The van der Waals surface area contributed by atoms with Gasteiger partial charge in [0.25, 0.3) is 0 Å². The Morgan fingerprint density at radius 2 is 1.21 bits per heavy atom. The number of primary amides is 1. The molecule has 3 N–H and O–H groups in total. The van der Waals surface area contributed by atoms with E-state index in [1.165, 1.54) is 11.1 Å². The van der Waals surface area contributed by atoms with Crippen LogP contribution in [-0.4, -0.2) is 17.0 Å². The number of carboxylic acid groups (broad SMARTS) is 1. The third-order valence-corrected chi connectivity index (χ3v) is 5.53. The molecule has 4 aromatic carbocycles. The predicted octanol–water partition coefficient (Wildman–Crippen LogP) is 6.39. The van der Waals surface area contributed by atoms with Crippen molar-refractivity contribution in [3.63, 3.8) is 0 Å².